The first-order chi connectivity index (χ1) is 21.6. The number of carboxylic acids is 1. The lowest BCUT2D eigenvalue weighted by Crippen LogP contribution is -2.59. The molecule has 1 heterocycles. The molecule has 256 valence electrons. The molecule has 1 aliphatic heterocycles. The summed E-state index contributed by atoms with van der Waals surface area (Å²) in [5.41, 5.74) is 17.3. The summed E-state index contributed by atoms with van der Waals surface area (Å²) in [5, 5.41) is 36.6. The van der Waals surface area contributed by atoms with Crippen molar-refractivity contribution in [3.8, 4) is 5.75 Å². The zero-order chi connectivity index (χ0) is 34.6. The fraction of sp³-hybridized carbons (Fsp3) is 0.600. The van der Waals surface area contributed by atoms with Crippen LogP contribution in [0.15, 0.2) is 29.3 Å². The fourth-order valence-corrected chi connectivity index (χ4v) is 5.20. The molecule has 1 aromatic rings. The Morgan fingerprint density at radius 3 is 2.17 bits per heavy atom. The summed E-state index contributed by atoms with van der Waals surface area (Å²) in [5.74, 6) is -4.36. The third-order valence-corrected chi connectivity index (χ3v) is 7.50. The minimum atomic E-state index is -1.56. The first-order valence-corrected chi connectivity index (χ1v) is 15.3. The summed E-state index contributed by atoms with van der Waals surface area (Å²) >= 11 is 0. The van der Waals surface area contributed by atoms with Gasteiger partial charge in [0.15, 0.2) is 12.0 Å². The molecule has 16 heteroatoms. The Kier molecular flexibility index (Phi) is 14.7. The number of phenols is 1. The van der Waals surface area contributed by atoms with Crippen molar-refractivity contribution >= 4 is 35.6 Å². The van der Waals surface area contributed by atoms with Crippen molar-refractivity contribution in [2.75, 3.05) is 13.1 Å². The minimum Gasteiger partial charge on any atom is -0.508 e. The van der Waals surface area contributed by atoms with Crippen molar-refractivity contribution in [1.29, 1.82) is 0 Å². The molecule has 46 heavy (non-hydrogen) atoms. The van der Waals surface area contributed by atoms with Gasteiger partial charge in [0.05, 0.1) is 6.10 Å². The Hall–Kier alpha value is -4.44. The topological polar surface area (TPSA) is 276 Å². The van der Waals surface area contributed by atoms with Crippen LogP contribution in [0.3, 0.4) is 0 Å². The Balaban J connectivity index is 2.34. The maximum Gasteiger partial charge on any atom is 0.328 e. The average molecular weight is 649 g/mol. The molecular formula is C30H48N8O8. The number of aliphatic hydroxyl groups is 1. The molecule has 12 N–H and O–H groups in total. The molecule has 6 atom stereocenters. The number of guanidine groups is 1. The van der Waals surface area contributed by atoms with E-state index >= 15 is 0 Å². The highest BCUT2D eigenvalue weighted by Gasteiger charge is 2.40. The van der Waals surface area contributed by atoms with E-state index in [-0.39, 0.29) is 56.4 Å². The first kappa shape index (κ1) is 37.7. The summed E-state index contributed by atoms with van der Waals surface area (Å²) in [7, 11) is 0. The number of amides is 4. The zero-order valence-corrected chi connectivity index (χ0v) is 26.5. The van der Waals surface area contributed by atoms with Crippen molar-refractivity contribution in [2.24, 2.45) is 28.1 Å². The Bertz CT molecular complexity index is 1240. The molecule has 0 spiro atoms. The predicted octanol–water partition coefficient (Wildman–Crippen LogP) is -1.73. The SMILES string of the molecule is CC(C)C[C@H](NC(=O)[C@H](Cc1ccc(O)cc1)NC(=O)[C@H](CCCN)N=C(N)N)C(=O)N1CCC[C@H]1C(=O)N[C@H](C(=O)O)[C@@H](C)O. The van der Waals surface area contributed by atoms with Gasteiger partial charge in [0, 0.05) is 13.0 Å². The number of nitrogens with zero attached hydrogens (tertiary/aromatic N) is 2. The van der Waals surface area contributed by atoms with E-state index in [1.54, 1.807) is 12.1 Å². The van der Waals surface area contributed by atoms with Crippen LogP contribution in [-0.2, 0) is 30.4 Å². The minimum absolute atomic E-state index is 0.00343. The van der Waals surface area contributed by atoms with Crippen LogP contribution in [0.5, 0.6) is 5.75 Å². The molecule has 2 rings (SSSR count). The lowest BCUT2D eigenvalue weighted by atomic mass is 10.00. The number of carboxylic acid groups (broad SMARTS) is 1. The number of aromatic hydroxyl groups is 1. The van der Waals surface area contributed by atoms with Gasteiger partial charge in [-0.05, 0) is 69.2 Å². The van der Waals surface area contributed by atoms with Crippen molar-refractivity contribution in [3.05, 3.63) is 29.8 Å². The molecule has 4 amide bonds. The number of likely N-dealkylation sites (tertiary alicyclic amines) is 1. The van der Waals surface area contributed by atoms with Crippen molar-refractivity contribution in [1.82, 2.24) is 20.9 Å². The molecule has 1 fully saturated rings. The van der Waals surface area contributed by atoms with Crippen molar-refractivity contribution < 1.29 is 39.3 Å². The average Bonchev–Trinajstić information content (AvgIpc) is 3.47. The molecule has 0 saturated carbocycles. The van der Waals surface area contributed by atoms with E-state index in [1.807, 2.05) is 13.8 Å². The lowest BCUT2D eigenvalue weighted by Gasteiger charge is -2.31. The molecule has 0 aromatic heterocycles. The van der Waals surface area contributed by atoms with Gasteiger partial charge in [0.2, 0.25) is 23.6 Å². The number of carbonyl (C=O) groups excluding carboxylic acids is 4. The predicted molar refractivity (Wildman–Crippen MR) is 169 cm³/mol. The number of aliphatic carboxylic acids is 1. The highest BCUT2D eigenvalue weighted by atomic mass is 16.4. The summed E-state index contributed by atoms with van der Waals surface area (Å²) in [6.45, 7) is 5.42. The van der Waals surface area contributed by atoms with E-state index in [0.29, 0.717) is 18.4 Å². The molecular weight excluding hydrogens is 600 g/mol. The molecule has 1 aliphatic rings. The number of benzene rings is 1. The maximum absolute atomic E-state index is 13.9. The van der Waals surface area contributed by atoms with Gasteiger partial charge >= 0.3 is 5.97 Å². The maximum atomic E-state index is 13.9. The number of aliphatic imine (C=N–C) groups is 1. The van der Waals surface area contributed by atoms with Gasteiger partial charge in [0.25, 0.3) is 0 Å². The van der Waals surface area contributed by atoms with Gasteiger partial charge < -0.3 is 53.4 Å². The second-order valence-corrected chi connectivity index (χ2v) is 11.9. The molecule has 0 radical (unpaired) electrons. The van der Waals surface area contributed by atoms with Gasteiger partial charge in [-0.15, -0.1) is 0 Å². The molecule has 1 saturated heterocycles. The number of carbonyl (C=O) groups is 5. The van der Waals surface area contributed by atoms with Gasteiger partial charge in [-0.2, -0.15) is 0 Å². The normalized spacial score (nSPS) is 17.7. The third-order valence-electron chi connectivity index (χ3n) is 7.50. The van der Waals surface area contributed by atoms with E-state index < -0.39 is 65.9 Å². The second-order valence-electron chi connectivity index (χ2n) is 11.9. The number of phenolic OH excluding ortho intramolecular Hbond substituents is 1. The number of nitrogens with two attached hydrogens (primary N) is 3. The second kappa shape index (κ2) is 17.9. The zero-order valence-electron chi connectivity index (χ0n) is 26.5. The number of nitrogens with one attached hydrogen (secondary N) is 3. The standard InChI is InChI=1S/C30H48N8O8/c1-16(2)14-22(28(44)38-13-5-7-23(38)27(43)37-24(17(3)39)29(45)46)35-26(42)21(15-18-8-10-19(40)11-9-18)34-25(41)20(6-4-12-31)36-30(32)33/h8-11,16-17,20-24,39-40H,4-7,12-15,31H2,1-3H3,(H,34,41)(H,35,42)(H,37,43)(H,45,46)(H4,32,33,36)/t17-,20+,21+,22+,23+,24+/m1/s1. The van der Waals surface area contributed by atoms with Crippen LogP contribution in [-0.4, -0.2) is 105 Å². The lowest BCUT2D eigenvalue weighted by molar-refractivity contribution is -0.147. The summed E-state index contributed by atoms with van der Waals surface area (Å²) in [6.07, 6.45) is 0.211. The van der Waals surface area contributed by atoms with Crippen LogP contribution in [0.1, 0.15) is 58.4 Å². The Morgan fingerprint density at radius 2 is 1.63 bits per heavy atom. The molecule has 0 aliphatic carbocycles. The van der Waals surface area contributed by atoms with Crippen LogP contribution >= 0.6 is 0 Å². The van der Waals surface area contributed by atoms with E-state index in [4.69, 9.17) is 17.2 Å². The summed E-state index contributed by atoms with van der Waals surface area (Å²) in [4.78, 5) is 70.8. The first-order valence-electron chi connectivity index (χ1n) is 15.3. The number of hydrogen-bond acceptors (Lipinski definition) is 9. The number of hydrogen-bond donors (Lipinski definition) is 9. The van der Waals surface area contributed by atoms with Crippen molar-refractivity contribution in [3.63, 3.8) is 0 Å². The van der Waals surface area contributed by atoms with Crippen LogP contribution in [0.25, 0.3) is 0 Å². The largest absolute Gasteiger partial charge is 0.508 e. The molecule has 1 aromatic carbocycles. The van der Waals surface area contributed by atoms with Crippen LogP contribution in [0, 0.1) is 5.92 Å². The van der Waals surface area contributed by atoms with Crippen LogP contribution in [0.4, 0.5) is 0 Å². The van der Waals surface area contributed by atoms with Crippen LogP contribution in [0.2, 0.25) is 0 Å². The molecule has 0 unspecified atom stereocenters. The Morgan fingerprint density at radius 1 is 1.00 bits per heavy atom. The highest BCUT2D eigenvalue weighted by molar-refractivity contribution is 5.96. The molecule has 16 nitrogen and oxygen atoms in total. The smallest absolute Gasteiger partial charge is 0.328 e. The fourth-order valence-electron chi connectivity index (χ4n) is 5.20. The number of aliphatic hydroxyl groups excluding tert-OH is 1. The van der Waals surface area contributed by atoms with E-state index in [2.05, 4.69) is 20.9 Å². The van der Waals surface area contributed by atoms with Gasteiger partial charge in [-0.1, -0.05) is 26.0 Å². The summed E-state index contributed by atoms with van der Waals surface area (Å²) < 4.78 is 0. The molecule has 0 bridgehead atoms. The summed E-state index contributed by atoms with van der Waals surface area (Å²) in [6, 6.07) is 0.195. The van der Waals surface area contributed by atoms with E-state index in [9.17, 15) is 39.3 Å². The van der Waals surface area contributed by atoms with Gasteiger partial charge in [-0.25, -0.2) is 9.79 Å². The quantitative estimate of drug-likeness (QED) is 0.0676. The Labute approximate surface area is 268 Å². The third kappa shape index (κ3) is 11.5. The van der Waals surface area contributed by atoms with Gasteiger partial charge in [0.1, 0.15) is 29.9 Å². The van der Waals surface area contributed by atoms with Crippen molar-refractivity contribution in [2.45, 2.75) is 95.6 Å². The highest BCUT2D eigenvalue weighted by Crippen LogP contribution is 2.21. The van der Waals surface area contributed by atoms with Crippen LogP contribution < -0.4 is 33.2 Å². The number of rotatable bonds is 17. The van der Waals surface area contributed by atoms with Gasteiger partial charge in [-0.3, -0.25) is 19.2 Å². The van der Waals surface area contributed by atoms with E-state index in [0.717, 1.165) is 0 Å². The monoisotopic (exact) mass is 648 g/mol. The van der Waals surface area contributed by atoms with E-state index in [1.165, 1.54) is 24.0 Å².